The van der Waals surface area contributed by atoms with Gasteiger partial charge in [-0.2, -0.15) is 0 Å². The van der Waals surface area contributed by atoms with Crippen LogP contribution in [0.5, 0.6) is 5.75 Å². The fourth-order valence-corrected chi connectivity index (χ4v) is 3.51. The molecule has 1 aliphatic heterocycles. The first-order valence-electron chi connectivity index (χ1n) is 8.96. The highest BCUT2D eigenvalue weighted by Crippen LogP contribution is 2.30. The van der Waals surface area contributed by atoms with Crippen LogP contribution in [-0.2, 0) is 11.3 Å². The third-order valence-electron chi connectivity index (χ3n) is 4.81. The second kappa shape index (κ2) is 7.36. The van der Waals surface area contributed by atoms with E-state index in [1.807, 2.05) is 18.2 Å². The van der Waals surface area contributed by atoms with E-state index in [0.717, 1.165) is 31.1 Å². The van der Waals surface area contributed by atoms with Crippen molar-refractivity contribution < 1.29 is 9.47 Å². The Kier molecular flexibility index (Phi) is 4.78. The number of aryl methyl sites for hydroxylation is 1. The smallest absolute Gasteiger partial charge is 0.138 e. The summed E-state index contributed by atoms with van der Waals surface area (Å²) >= 11 is 0. The van der Waals surface area contributed by atoms with Gasteiger partial charge < -0.3 is 14.0 Å². The molecule has 0 spiro atoms. The van der Waals surface area contributed by atoms with Crippen molar-refractivity contribution in [2.75, 3.05) is 20.3 Å². The lowest BCUT2D eigenvalue weighted by Gasteiger charge is -2.22. The van der Waals surface area contributed by atoms with Gasteiger partial charge >= 0.3 is 0 Å². The van der Waals surface area contributed by atoms with Crippen molar-refractivity contribution in [3.05, 3.63) is 83.7 Å². The number of nitrogens with zero attached hydrogens (tertiary/aromatic N) is 2. The molecule has 4 rings (SSSR count). The van der Waals surface area contributed by atoms with Crippen LogP contribution in [-0.4, -0.2) is 29.7 Å². The summed E-state index contributed by atoms with van der Waals surface area (Å²) in [6, 6.07) is 18.9. The Balaban J connectivity index is 1.54. The highest BCUT2D eigenvalue weighted by molar-refractivity contribution is 5.40. The van der Waals surface area contributed by atoms with Crippen molar-refractivity contribution in [3.63, 3.8) is 0 Å². The molecule has 0 unspecified atom stereocenters. The number of rotatable bonds is 5. The summed E-state index contributed by atoms with van der Waals surface area (Å²) in [5.41, 5.74) is 4.88. The lowest BCUT2D eigenvalue weighted by atomic mass is 10.1. The normalized spacial score (nSPS) is 17.5. The molecule has 1 saturated heterocycles. The summed E-state index contributed by atoms with van der Waals surface area (Å²) in [5.74, 6) is 0.857. The number of hydrogen-bond acceptors (Lipinski definition) is 3. The third kappa shape index (κ3) is 3.52. The van der Waals surface area contributed by atoms with Crippen LogP contribution in [0, 0.1) is 6.92 Å². The second-order valence-electron chi connectivity index (χ2n) is 6.74. The van der Waals surface area contributed by atoms with Crippen molar-refractivity contribution in [2.45, 2.75) is 19.7 Å². The molecule has 0 saturated carbocycles. The topological polar surface area (TPSA) is 26.6 Å². The van der Waals surface area contributed by atoms with E-state index in [-0.39, 0.29) is 6.23 Å². The zero-order chi connectivity index (χ0) is 17.9. The molecule has 1 fully saturated rings. The van der Waals surface area contributed by atoms with Crippen molar-refractivity contribution in [1.82, 2.24) is 9.47 Å². The van der Waals surface area contributed by atoms with Gasteiger partial charge in [0.15, 0.2) is 0 Å². The van der Waals surface area contributed by atoms with E-state index in [0.29, 0.717) is 0 Å². The van der Waals surface area contributed by atoms with Crippen LogP contribution < -0.4 is 4.74 Å². The van der Waals surface area contributed by atoms with Gasteiger partial charge in [0.05, 0.1) is 13.7 Å². The Morgan fingerprint density at radius 3 is 2.85 bits per heavy atom. The molecule has 134 valence electrons. The molecule has 0 bridgehead atoms. The van der Waals surface area contributed by atoms with Gasteiger partial charge in [0.25, 0.3) is 0 Å². The molecule has 2 aromatic carbocycles. The monoisotopic (exact) mass is 348 g/mol. The Bertz CT molecular complexity index is 887. The summed E-state index contributed by atoms with van der Waals surface area (Å²) in [6.07, 6.45) is 4.23. The number of hydrogen-bond donors (Lipinski definition) is 0. The highest BCUT2D eigenvalue weighted by atomic mass is 16.5. The standard InChI is InChI=1S/C22H24N2O2/c1-17-5-3-6-18(13-17)15-24-11-12-26-22(24)19-9-10-23(16-19)20-7-4-8-21(14-20)25-2/h3-10,13-14,16,22H,11-12,15H2,1-2H3/t22-/m1/s1. The Hall–Kier alpha value is -2.56. The van der Waals surface area contributed by atoms with Gasteiger partial charge in [-0.15, -0.1) is 0 Å². The predicted octanol–water partition coefficient (Wildman–Crippen LogP) is 4.33. The molecular formula is C22H24N2O2. The summed E-state index contributed by atoms with van der Waals surface area (Å²) in [4.78, 5) is 2.39. The summed E-state index contributed by atoms with van der Waals surface area (Å²) in [7, 11) is 1.69. The van der Waals surface area contributed by atoms with E-state index < -0.39 is 0 Å². The van der Waals surface area contributed by atoms with Crippen LogP contribution in [0.4, 0.5) is 0 Å². The molecule has 4 heteroatoms. The second-order valence-corrected chi connectivity index (χ2v) is 6.74. The van der Waals surface area contributed by atoms with Gasteiger partial charge in [0.1, 0.15) is 12.0 Å². The molecule has 4 nitrogen and oxygen atoms in total. The minimum absolute atomic E-state index is 0.00219. The quantitative estimate of drug-likeness (QED) is 0.687. The van der Waals surface area contributed by atoms with E-state index in [1.165, 1.54) is 16.7 Å². The lowest BCUT2D eigenvalue weighted by Crippen LogP contribution is -2.23. The maximum Gasteiger partial charge on any atom is 0.138 e. The molecule has 3 aromatic rings. The number of ether oxygens (including phenoxy) is 2. The minimum Gasteiger partial charge on any atom is -0.497 e. The van der Waals surface area contributed by atoms with Gasteiger partial charge in [-0.3, -0.25) is 4.90 Å². The lowest BCUT2D eigenvalue weighted by molar-refractivity contribution is 0.0288. The predicted molar refractivity (Wildman–Crippen MR) is 103 cm³/mol. The summed E-state index contributed by atoms with van der Waals surface area (Å²) in [6.45, 7) is 4.75. The average Bonchev–Trinajstić information content (AvgIpc) is 3.31. The van der Waals surface area contributed by atoms with Crippen LogP contribution in [0.1, 0.15) is 22.9 Å². The van der Waals surface area contributed by atoms with E-state index in [1.54, 1.807) is 7.11 Å². The Morgan fingerprint density at radius 2 is 2.00 bits per heavy atom. The van der Waals surface area contributed by atoms with Crippen molar-refractivity contribution in [3.8, 4) is 11.4 Å². The summed E-state index contributed by atoms with van der Waals surface area (Å²) in [5, 5.41) is 0. The van der Waals surface area contributed by atoms with Gasteiger partial charge in [-0.05, 0) is 30.7 Å². The van der Waals surface area contributed by atoms with E-state index in [9.17, 15) is 0 Å². The zero-order valence-electron chi connectivity index (χ0n) is 15.3. The van der Waals surface area contributed by atoms with E-state index >= 15 is 0 Å². The van der Waals surface area contributed by atoms with Crippen molar-refractivity contribution >= 4 is 0 Å². The van der Waals surface area contributed by atoms with Crippen molar-refractivity contribution in [1.29, 1.82) is 0 Å². The van der Waals surface area contributed by atoms with Crippen LogP contribution in [0.25, 0.3) is 5.69 Å². The maximum atomic E-state index is 6.04. The number of aromatic nitrogens is 1. The molecule has 2 heterocycles. The van der Waals surface area contributed by atoms with Gasteiger partial charge in [-0.1, -0.05) is 35.9 Å². The van der Waals surface area contributed by atoms with E-state index in [4.69, 9.17) is 9.47 Å². The van der Waals surface area contributed by atoms with Crippen LogP contribution in [0.15, 0.2) is 67.0 Å². The molecule has 0 amide bonds. The molecule has 0 N–H and O–H groups in total. The molecule has 1 atom stereocenters. The first kappa shape index (κ1) is 16.9. The van der Waals surface area contributed by atoms with Gasteiger partial charge in [0, 0.05) is 42.8 Å². The van der Waals surface area contributed by atoms with Gasteiger partial charge in [-0.25, -0.2) is 0 Å². The Labute approximate surface area is 154 Å². The molecule has 1 aromatic heterocycles. The van der Waals surface area contributed by atoms with Crippen LogP contribution in [0.2, 0.25) is 0 Å². The first-order valence-corrected chi connectivity index (χ1v) is 8.96. The SMILES string of the molecule is COc1cccc(-n2ccc([C@H]3OCCN3Cc3cccc(C)c3)c2)c1. The average molecular weight is 348 g/mol. The molecule has 0 radical (unpaired) electrons. The largest absolute Gasteiger partial charge is 0.497 e. The number of benzene rings is 2. The van der Waals surface area contributed by atoms with Gasteiger partial charge in [0.2, 0.25) is 0 Å². The minimum atomic E-state index is 0.00219. The van der Waals surface area contributed by atoms with Crippen LogP contribution in [0.3, 0.4) is 0 Å². The molecular weight excluding hydrogens is 324 g/mol. The molecule has 1 aliphatic rings. The van der Waals surface area contributed by atoms with E-state index in [2.05, 4.69) is 65.2 Å². The fraction of sp³-hybridized carbons (Fsp3) is 0.273. The summed E-state index contributed by atoms with van der Waals surface area (Å²) < 4.78 is 13.5. The third-order valence-corrected chi connectivity index (χ3v) is 4.81. The highest BCUT2D eigenvalue weighted by Gasteiger charge is 2.27. The maximum absolute atomic E-state index is 6.04. The molecule has 0 aliphatic carbocycles. The van der Waals surface area contributed by atoms with Crippen LogP contribution >= 0.6 is 0 Å². The number of methoxy groups -OCH3 is 1. The van der Waals surface area contributed by atoms with Crippen molar-refractivity contribution in [2.24, 2.45) is 0 Å². The Morgan fingerprint density at radius 1 is 1.12 bits per heavy atom. The fourth-order valence-electron chi connectivity index (χ4n) is 3.51. The first-order chi connectivity index (χ1) is 12.7. The molecule has 26 heavy (non-hydrogen) atoms. The zero-order valence-corrected chi connectivity index (χ0v) is 15.3.